The highest BCUT2D eigenvalue weighted by molar-refractivity contribution is 5.84. The van der Waals surface area contributed by atoms with Gasteiger partial charge in [0.05, 0.1) is 6.61 Å². The van der Waals surface area contributed by atoms with Gasteiger partial charge in [-0.1, -0.05) is 0 Å². The molecule has 0 aliphatic heterocycles. The third-order valence-electron chi connectivity index (χ3n) is 4.67. The van der Waals surface area contributed by atoms with Crippen LogP contribution in [0.5, 0.6) is 17.2 Å². The van der Waals surface area contributed by atoms with Crippen LogP contribution in [-0.2, 0) is 17.6 Å². The molecule has 0 N–H and O–H groups in total. The van der Waals surface area contributed by atoms with Gasteiger partial charge in [0.25, 0.3) is 0 Å². The average Bonchev–Trinajstić information content (AvgIpc) is 3.18. The van der Waals surface area contributed by atoms with Crippen LogP contribution in [0.1, 0.15) is 24.5 Å². The predicted molar refractivity (Wildman–Crippen MR) is 103 cm³/mol. The van der Waals surface area contributed by atoms with Gasteiger partial charge in [-0.25, -0.2) is 9.59 Å². The molecule has 1 heterocycles. The molecule has 0 unspecified atom stereocenters. The minimum Gasteiger partial charge on any atom is -0.494 e. The van der Waals surface area contributed by atoms with Crippen molar-refractivity contribution in [2.75, 3.05) is 13.2 Å². The highest BCUT2D eigenvalue weighted by atomic mass is 16.6. The standard InChI is InChI=1S/C22H20O6/c1-2-25-14-6-8-15(9-7-14)26-13-21(23)27-16-10-11-18-17-4-3-5-19(17)22(24)28-20(18)12-16/h6-12H,2-5,13H2,1H3. The van der Waals surface area contributed by atoms with Crippen LogP contribution in [0.2, 0.25) is 0 Å². The summed E-state index contributed by atoms with van der Waals surface area (Å²) in [5, 5.41) is 0.900. The summed E-state index contributed by atoms with van der Waals surface area (Å²) < 4.78 is 21.5. The van der Waals surface area contributed by atoms with Crippen LogP contribution in [-0.4, -0.2) is 19.2 Å². The minimum atomic E-state index is -0.545. The predicted octanol–water partition coefficient (Wildman–Crippen LogP) is 3.66. The number of carbonyl (C=O) groups is 1. The highest BCUT2D eigenvalue weighted by Gasteiger charge is 2.20. The van der Waals surface area contributed by atoms with E-state index in [0.29, 0.717) is 23.7 Å². The SMILES string of the molecule is CCOc1ccc(OCC(=O)Oc2ccc3c4c(c(=O)oc3c2)CCC4)cc1. The first-order valence-electron chi connectivity index (χ1n) is 9.29. The van der Waals surface area contributed by atoms with Crippen LogP contribution in [0, 0.1) is 0 Å². The second-order valence-electron chi connectivity index (χ2n) is 6.53. The molecule has 28 heavy (non-hydrogen) atoms. The van der Waals surface area contributed by atoms with Crippen LogP contribution in [0.3, 0.4) is 0 Å². The molecule has 1 aromatic heterocycles. The van der Waals surface area contributed by atoms with E-state index in [1.54, 1.807) is 36.4 Å². The molecular weight excluding hydrogens is 360 g/mol. The Morgan fingerprint density at radius 2 is 1.64 bits per heavy atom. The molecule has 144 valence electrons. The monoisotopic (exact) mass is 380 g/mol. The molecule has 6 nitrogen and oxygen atoms in total. The van der Waals surface area contributed by atoms with Crippen LogP contribution in [0.15, 0.2) is 51.7 Å². The summed E-state index contributed by atoms with van der Waals surface area (Å²) >= 11 is 0. The van der Waals surface area contributed by atoms with E-state index in [9.17, 15) is 9.59 Å². The van der Waals surface area contributed by atoms with E-state index >= 15 is 0 Å². The Bertz CT molecular complexity index is 1060. The molecule has 0 spiro atoms. The summed E-state index contributed by atoms with van der Waals surface area (Å²) in [7, 11) is 0. The van der Waals surface area contributed by atoms with Crippen molar-refractivity contribution >= 4 is 16.9 Å². The third-order valence-corrected chi connectivity index (χ3v) is 4.67. The van der Waals surface area contributed by atoms with E-state index in [1.165, 1.54) is 0 Å². The van der Waals surface area contributed by atoms with Gasteiger partial charge < -0.3 is 18.6 Å². The number of hydrogen-bond donors (Lipinski definition) is 0. The molecule has 1 aliphatic carbocycles. The Labute approximate surface area is 161 Å². The summed E-state index contributed by atoms with van der Waals surface area (Å²) in [6.45, 7) is 2.26. The van der Waals surface area contributed by atoms with Crippen molar-refractivity contribution in [3.63, 3.8) is 0 Å². The quantitative estimate of drug-likeness (QED) is 0.369. The summed E-state index contributed by atoms with van der Waals surface area (Å²) in [4.78, 5) is 24.2. The third kappa shape index (κ3) is 3.71. The van der Waals surface area contributed by atoms with Crippen LogP contribution >= 0.6 is 0 Å². The molecule has 0 radical (unpaired) electrons. The number of fused-ring (bicyclic) bond motifs is 3. The van der Waals surface area contributed by atoms with E-state index in [0.717, 1.165) is 41.5 Å². The lowest BCUT2D eigenvalue weighted by molar-refractivity contribution is -0.136. The first-order chi connectivity index (χ1) is 13.6. The fourth-order valence-corrected chi connectivity index (χ4v) is 3.43. The topological polar surface area (TPSA) is 75.0 Å². The van der Waals surface area contributed by atoms with Gasteiger partial charge in [-0.3, -0.25) is 0 Å². The van der Waals surface area contributed by atoms with Crippen molar-refractivity contribution in [3.05, 3.63) is 64.0 Å². The lowest BCUT2D eigenvalue weighted by Gasteiger charge is -2.09. The molecule has 0 saturated carbocycles. The number of rotatable bonds is 6. The molecular formula is C22H20O6. The lowest BCUT2D eigenvalue weighted by atomic mass is 10.1. The maximum absolute atomic E-state index is 12.1. The van der Waals surface area contributed by atoms with E-state index in [-0.39, 0.29) is 12.2 Å². The molecule has 0 saturated heterocycles. The normalized spacial score (nSPS) is 12.6. The van der Waals surface area contributed by atoms with E-state index in [2.05, 4.69) is 0 Å². The van der Waals surface area contributed by atoms with Gasteiger partial charge in [0, 0.05) is 17.0 Å². The number of benzene rings is 2. The van der Waals surface area contributed by atoms with Gasteiger partial charge in [-0.05, 0) is 68.1 Å². The molecule has 4 rings (SSSR count). The summed E-state index contributed by atoms with van der Waals surface area (Å²) in [6, 6.07) is 12.1. The van der Waals surface area contributed by atoms with E-state index in [4.69, 9.17) is 18.6 Å². The number of esters is 1. The Morgan fingerprint density at radius 3 is 2.39 bits per heavy atom. The maximum Gasteiger partial charge on any atom is 0.349 e. The van der Waals surface area contributed by atoms with Crippen molar-refractivity contribution in [1.82, 2.24) is 0 Å². The van der Waals surface area contributed by atoms with Gasteiger partial charge in [-0.15, -0.1) is 0 Å². The molecule has 0 amide bonds. The molecule has 1 aliphatic rings. The number of hydrogen-bond acceptors (Lipinski definition) is 6. The smallest absolute Gasteiger partial charge is 0.349 e. The fourth-order valence-electron chi connectivity index (χ4n) is 3.43. The summed E-state index contributed by atoms with van der Waals surface area (Å²) in [6.07, 6.45) is 2.58. The Morgan fingerprint density at radius 1 is 0.964 bits per heavy atom. The lowest BCUT2D eigenvalue weighted by Crippen LogP contribution is -2.17. The molecule has 0 fully saturated rings. The number of ether oxygens (including phenoxy) is 3. The van der Waals surface area contributed by atoms with E-state index < -0.39 is 5.97 Å². The second-order valence-corrected chi connectivity index (χ2v) is 6.53. The van der Waals surface area contributed by atoms with Crippen LogP contribution in [0.4, 0.5) is 0 Å². The first kappa shape index (κ1) is 18.1. The minimum absolute atomic E-state index is 0.236. The zero-order valence-corrected chi connectivity index (χ0v) is 15.5. The highest BCUT2D eigenvalue weighted by Crippen LogP contribution is 2.29. The Hall–Kier alpha value is -3.28. The number of carbonyl (C=O) groups excluding carboxylic acids is 1. The maximum atomic E-state index is 12.1. The zero-order chi connectivity index (χ0) is 19.5. The average molecular weight is 380 g/mol. The van der Waals surface area contributed by atoms with E-state index in [1.807, 2.05) is 13.0 Å². The zero-order valence-electron chi connectivity index (χ0n) is 15.5. The number of aryl methyl sites for hydroxylation is 1. The van der Waals surface area contributed by atoms with Crippen molar-refractivity contribution in [1.29, 1.82) is 0 Å². The van der Waals surface area contributed by atoms with Crippen molar-refractivity contribution in [3.8, 4) is 17.2 Å². The fraction of sp³-hybridized carbons (Fsp3) is 0.273. The summed E-state index contributed by atoms with van der Waals surface area (Å²) in [5.74, 6) is 1.05. The Kier molecular flexibility index (Phi) is 5.02. The van der Waals surface area contributed by atoms with Gasteiger partial charge >= 0.3 is 11.6 Å². The Balaban J connectivity index is 1.42. The van der Waals surface area contributed by atoms with Gasteiger partial charge in [0.1, 0.15) is 22.8 Å². The first-order valence-corrected chi connectivity index (χ1v) is 9.29. The van der Waals surface area contributed by atoms with Crippen molar-refractivity contribution in [2.45, 2.75) is 26.2 Å². The molecule has 0 atom stereocenters. The van der Waals surface area contributed by atoms with Crippen LogP contribution in [0.25, 0.3) is 11.0 Å². The largest absolute Gasteiger partial charge is 0.494 e. The van der Waals surface area contributed by atoms with Gasteiger partial charge in [0.15, 0.2) is 6.61 Å². The van der Waals surface area contributed by atoms with Gasteiger partial charge in [0.2, 0.25) is 0 Å². The van der Waals surface area contributed by atoms with Crippen LogP contribution < -0.4 is 19.8 Å². The molecule has 6 heteroatoms. The molecule has 2 aromatic carbocycles. The summed E-state index contributed by atoms with van der Waals surface area (Å²) in [5.41, 5.74) is 1.94. The molecule has 0 bridgehead atoms. The second kappa shape index (κ2) is 7.76. The van der Waals surface area contributed by atoms with Crippen molar-refractivity contribution < 1.29 is 23.4 Å². The molecule has 3 aromatic rings. The van der Waals surface area contributed by atoms with Crippen molar-refractivity contribution in [2.24, 2.45) is 0 Å². The van der Waals surface area contributed by atoms with Gasteiger partial charge in [-0.2, -0.15) is 0 Å².